The fourth-order valence-electron chi connectivity index (χ4n) is 4.23. The first-order valence-corrected chi connectivity index (χ1v) is 9.78. The third-order valence-corrected chi connectivity index (χ3v) is 6.05. The van der Waals surface area contributed by atoms with E-state index in [4.69, 9.17) is 4.74 Å². The molecule has 1 spiro atoms. The zero-order valence-corrected chi connectivity index (χ0v) is 16.3. The van der Waals surface area contributed by atoms with Crippen molar-refractivity contribution in [2.45, 2.75) is 58.2 Å². The van der Waals surface area contributed by atoms with Crippen LogP contribution in [0.5, 0.6) is 5.88 Å². The predicted octanol–water partition coefficient (Wildman–Crippen LogP) is 3.58. The molecule has 1 amide bonds. The van der Waals surface area contributed by atoms with Crippen LogP contribution in [0.15, 0.2) is 12.1 Å². The molecule has 8 heteroatoms. The summed E-state index contributed by atoms with van der Waals surface area (Å²) < 4.78 is 44.7. The number of nitrogens with zero attached hydrogens (tertiary/aromatic N) is 2. The first-order chi connectivity index (χ1) is 13.2. The molecule has 1 aromatic heterocycles. The summed E-state index contributed by atoms with van der Waals surface area (Å²) in [6.45, 7) is 4.53. The van der Waals surface area contributed by atoms with Crippen molar-refractivity contribution >= 4 is 5.91 Å². The number of hydrogen-bond donors (Lipinski definition) is 1. The SMILES string of the molecule is CC[C@H](CO)C(=O)N1CC2(CCC(Oc3ccc(C)c(C(F)(F)F)n3)CC2)C1. The molecule has 3 rings (SSSR count). The molecule has 0 unspecified atom stereocenters. The van der Waals surface area contributed by atoms with Gasteiger partial charge in [0, 0.05) is 24.6 Å². The Labute approximate surface area is 162 Å². The van der Waals surface area contributed by atoms with Crippen molar-refractivity contribution in [2.75, 3.05) is 19.7 Å². The second kappa shape index (κ2) is 7.89. The number of carbonyl (C=O) groups is 1. The van der Waals surface area contributed by atoms with Crippen LogP contribution in [0.1, 0.15) is 50.3 Å². The summed E-state index contributed by atoms with van der Waals surface area (Å²) in [6, 6.07) is 2.87. The van der Waals surface area contributed by atoms with Gasteiger partial charge in [-0.3, -0.25) is 4.79 Å². The van der Waals surface area contributed by atoms with Crippen LogP contribution in [0.2, 0.25) is 0 Å². The third-order valence-electron chi connectivity index (χ3n) is 6.05. The summed E-state index contributed by atoms with van der Waals surface area (Å²) in [7, 11) is 0. The van der Waals surface area contributed by atoms with E-state index >= 15 is 0 Å². The molecule has 1 aliphatic carbocycles. The summed E-state index contributed by atoms with van der Waals surface area (Å²) >= 11 is 0. The number of amides is 1. The zero-order valence-electron chi connectivity index (χ0n) is 16.3. The number of alkyl halides is 3. The second-order valence-corrected chi connectivity index (χ2v) is 8.11. The lowest BCUT2D eigenvalue weighted by Gasteiger charge is -2.54. The molecule has 1 saturated heterocycles. The van der Waals surface area contributed by atoms with Gasteiger partial charge in [0.05, 0.1) is 12.5 Å². The first kappa shape index (κ1) is 20.9. The predicted molar refractivity (Wildman–Crippen MR) is 96.7 cm³/mol. The summed E-state index contributed by atoms with van der Waals surface area (Å²) in [5, 5.41) is 9.29. The highest BCUT2D eigenvalue weighted by atomic mass is 19.4. The van der Waals surface area contributed by atoms with Crippen molar-refractivity contribution in [1.29, 1.82) is 0 Å². The van der Waals surface area contributed by atoms with Gasteiger partial charge >= 0.3 is 6.18 Å². The zero-order chi connectivity index (χ0) is 20.5. The van der Waals surface area contributed by atoms with E-state index in [1.54, 1.807) is 0 Å². The summed E-state index contributed by atoms with van der Waals surface area (Å²) in [6.07, 6.45) is -0.824. The molecule has 2 fully saturated rings. The normalized spacial score (nSPS) is 20.7. The number of ether oxygens (including phenoxy) is 1. The Morgan fingerprint density at radius 3 is 2.54 bits per heavy atom. The molecule has 2 heterocycles. The minimum Gasteiger partial charge on any atom is -0.474 e. The standard InChI is InChI=1S/C20H27F3N2O3/c1-3-14(10-26)18(27)25-11-19(12-25)8-6-15(7-9-19)28-16-5-4-13(2)17(24-16)20(21,22)23/h4-5,14-15,26H,3,6-12H2,1-2H3/t14-/m1/s1. The molecule has 0 bridgehead atoms. The molecule has 5 nitrogen and oxygen atoms in total. The molecule has 1 N–H and O–H groups in total. The quantitative estimate of drug-likeness (QED) is 0.821. The fraction of sp³-hybridized carbons (Fsp3) is 0.700. The average Bonchev–Trinajstić information content (AvgIpc) is 2.62. The van der Waals surface area contributed by atoms with Crippen molar-refractivity contribution in [3.63, 3.8) is 0 Å². The highest BCUT2D eigenvalue weighted by Gasteiger charge is 2.48. The van der Waals surface area contributed by atoms with Crippen LogP contribution in [-0.2, 0) is 11.0 Å². The van der Waals surface area contributed by atoms with Crippen LogP contribution in [0.4, 0.5) is 13.2 Å². The van der Waals surface area contributed by atoms with Gasteiger partial charge in [0.25, 0.3) is 0 Å². The number of halogens is 3. The van der Waals surface area contributed by atoms with E-state index in [0.29, 0.717) is 19.5 Å². The molecule has 28 heavy (non-hydrogen) atoms. The van der Waals surface area contributed by atoms with Gasteiger partial charge in [0.15, 0.2) is 5.69 Å². The maximum absolute atomic E-state index is 13.0. The lowest BCUT2D eigenvalue weighted by Crippen LogP contribution is -2.61. The maximum atomic E-state index is 13.0. The first-order valence-electron chi connectivity index (χ1n) is 9.78. The van der Waals surface area contributed by atoms with Gasteiger partial charge < -0.3 is 14.7 Å². The molecule has 1 saturated carbocycles. The Morgan fingerprint density at radius 2 is 2.00 bits per heavy atom. The lowest BCUT2D eigenvalue weighted by atomic mass is 9.67. The number of aliphatic hydroxyl groups is 1. The molecule has 0 radical (unpaired) electrons. The number of aromatic nitrogens is 1. The molecule has 2 aliphatic rings. The monoisotopic (exact) mass is 400 g/mol. The molecular weight excluding hydrogens is 373 g/mol. The van der Waals surface area contributed by atoms with Gasteiger partial charge in [-0.05, 0) is 44.6 Å². The highest BCUT2D eigenvalue weighted by molar-refractivity contribution is 5.80. The number of carbonyl (C=O) groups excluding carboxylic acids is 1. The van der Waals surface area contributed by atoms with Crippen molar-refractivity contribution in [3.8, 4) is 5.88 Å². The molecule has 1 aliphatic heterocycles. The number of hydrogen-bond acceptors (Lipinski definition) is 4. The van der Waals surface area contributed by atoms with E-state index in [9.17, 15) is 23.1 Å². The van der Waals surface area contributed by atoms with Crippen LogP contribution >= 0.6 is 0 Å². The van der Waals surface area contributed by atoms with Crippen molar-refractivity contribution < 1.29 is 27.8 Å². The number of likely N-dealkylation sites (tertiary alicyclic amines) is 1. The smallest absolute Gasteiger partial charge is 0.433 e. The van der Waals surface area contributed by atoms with Crippen LogP contribution in [-0.4, -0.2) is 46.7 Å². The second-order valence-electron chi connectivity index (χ2n) is 8.11. The minimum absolute atomic E-state index is 0.0116. The van der Waals surface area contributed by atoms with Gasteiger partial charge in [0.1, 0.15) is 6.10 Å². The molecule has 1 atom stereocenters. The summed E-state index contributed by atoms with van der Waals surface area (Å²) in [5.74, 6) is -0.303. The van der Waals surface area contributed by atoms with E-state index in [1.165, 1.54) is 19.1 Å². The van der Waals surface area contributed by atoms with Gasteiger partial charge in [-0.1, -0.05) is 13.0 Å². The molecular formula is C20H27F3N2O3. The third kappa shape index (κ3) is 4.26. The number of aliphatic hydroxyl groups excluding tert-OH is 1. The largest absolute Gasteiger partial charge is 0.474 e. The minimum atomic E-state index is -4.49. The Kier molecular flexibility index (Phi) is 5.89. The molecule has 0 aromatic carbocycles. The van der Waals surface area contributed by atoms with Crippen LogP contribution < -0.4 is 4.74 Å². The Morgan fingerprint density at radius 1 is 1.36 bits per heavy atom. The van der Waals surface area contributed by atoms with Gasteiger partial charge in [-0.15, -0.1) is 0 Å². The van der Waals surface area contributed by atoms with Gasteiger partial charge in [-0.25, -0.2) is 4.98 Å². The Bertz CT molecular complexity index is 703. The van der Waals surface area contributed by atoms with Gasteiger partial charge in [0.2, 0.25) is 11.8 Å². The lowest BCUT2D eigenvalue weighted by molar-refractivity contribution is -0.153. The Hall–Kier alpha value is -1.83. The van der Waals surface area contributed by atoms with E-state index in [2.05, 4.69) is 4.98 Å². The number of pyridine rings is 1. The molecule has 156 valence electrons. The number of rotatable bonds is 5. The highest BCUT2D eigenvalue weighted by Crippen LogP contribution is 2.45. The van der Waals surface area contributed by atoms with Crippen molar-refractivity contribution in [1.82, 2.24) is 9.88 Å². The van der Waals surface area contributed by atoms with Crippen LogP contribution in [0.3, 0.4) is 0 Å². The topological polar surface area (TPSA) is 62.7 Å². The van der Waals surface area contributed by atoms with E-state index in [1.807, 2.05) is 11.8 Å². The summed E-state index contributed by atoms with van der Waals surface area (Å²) in [4.78, 5) is 17.8. The fourth-order valence-corrected chi connectivity index (χ4v) is 4.23. The van der Waals surface area contributed by atoms with E-state index in [-0.39, 0.29) is 41.4 Å². The van der Waals surface area contributed by atoms with E-state index < -0.39 is 11.9 Å². The Balaban J connectivity index is 1.53. The van der Waals surface area contributed by atoms with Crippen LogP contribution in [0.25, 0.3) is 0 Å². The van der Waals surface area contributed by atoms with E-state index in [0.717, 1.165) is 25.7 Å². The van der Waals surface area contributed by atoms with Crippen molar-refractivity contribution in [2.24, 2.45) is 11.3 Å². The average molecular weight is 400 g/mol. The van der Waals surface area contributed by atoms with Crippen LogP contribution in [0, 0.1) is 18.3 Å². The molecule has 1 aromatic rings. The van der Waals surface area contributed by atoms with Gasteiger partial charge in [-0.2, -0.15) is 13.2 Å². The number of aryl methyl sites for hydroxylation is 1. The summed E-state index contributed by atoms with van der Waals surface area (Å²) in [5.41, 5.74) is -0.740. The maximum Gasteiger partial charge on any atom is 0.433 e. The van der Waals surface area contributed by atoms with Crippen molar-refractivity contribution in [3.05, 3.63) is 23.4 Å².